The van der Waals surface area contributed by atoms with Gasteiger partial charge < -0.3 is 10.6 Å². The van der Waals surface area contributed by atoms with Gasteiger partial charge in [0, 0.05) is 11.4 Å². The minimum Gasteiger partial charge on any atom is -0.359 e. The molecular weight excluding hydrogens is 260 g/mol. The van der Waals surface area contributed by atoms with Crippen LogP contribution in [0, 0.1) is 0 Å². The summed E-state index contributed by atoms with van der Waals surface area (Å²) < 4.78 is 0. The third-order valence-corrected chi connectivity index (χ3v) is 3.93. The van der Waals surface area contributed by atoms with Gasteiger partial charge in [0.1, 0.15) is 0 Å². The number of thiocarbonyl (C=S) groups is 1. The van der Waals surface area contributed by atoms with E-state index >= 15 is 0 Å². The van der Waals surface area contributed by atoms with Gasteiger partial charge in [-0.2, -0.15) is 0 Å². The van der Waals surface area contributed by atoms with Crippen molar-refractivity contribution in [1.82, 2.24) is 10.6 Å². The average molecular weight is 276 g/mol. The molecule has 0 aliphatic heterocycles. The van der Waals surface area contributed by atoms with Crippen molar-refractivity contribution >= 4 is 28.7 Å². The van der Waals surface area contributed by atoms with Crippen LogP contribution >= 0.6 is 23.6 Å². The Morgan fingerprint density at radius 2 is 2.00 bits per heavy atom. The van der Waals surface area contributed by atoms with E-state index in [0.717, 1.165) is 6.54 Å². The number of hydrogen-bond acceptors (Lipinski definition) is 2. The van der Waals surface area contributed by atoms with Gasteiger partial charge in [-0.15, -0.1) is 11.3 Å². The molecule has 2 nitrogen and oxygen atoms in total. The fraction of sp³-hybridized carbons (Fsp3) is 0.214. The summed E-state index contributed by atoms with van der Waals surface area (Å²) in [5.74, 6) is 0. The molecule has 2 N–H and O–H groups in total. The first-order chi connectivity index (χ1) is 8.75. The van der Waals surface area contributed by atoms with Crippen molar-refractivity contribution < 1.29 is 0 Å². The molecular formula is C14H16N2S2. The Morgan fingerprint density at radius 3 is 2.67 bits per heavy atom. The summed E-state index contributed by atoms with van der Waals surface area (Å²) in [6.45, 7) is 2.87. The Labute approximate surface area is 117 Å². The highest BCUT2D eigenvalue weighted by atomic mass is 32.1. The summed E-state index contributed by atoms with van der Waals surface area (Å²) >= 11 is 7.02. The van der Waals surface area contributed by atoms with Crippen molar-refractivity contribution in [2.45, 2.75) is 19.5 Å². The molecule has 0 aliphatic carbocycles. The second-order valence-electron chi connectivity index (χ2n) is 4.05. The van der Waals surface area contributed by atoms with E-state index in [0.29, 0.717) is 5.11 Å². The highest BCUT2D eigenvalue weighted by Crippen LogP contribution is 2.17. The number of hydrogen-bond donors (Lipinski definition) is 2. The normalized spacial score (nSPS) is 11.8. The van der Waals surface area contributed by atoms with Crippen molar-refractivity contribution in [2.24, 2.45) is 0 Å². The van der Waals surface area contributed by atoms with E-state index in [1.165, 1.54) is 10.4 Å². The van der Waals surface area contributed by atoms with Gasteiger partial charge in [-0.3, -0.25) is 0 Å². The van der Waals surface area contributed by atoms with Gasteiger partial charge in [-0.1, -0.05) is 36.4 Å². The van der Waals surface area contributed by atoms with E-state index in [2.05, 4.69) is 47.2 Å². The molecule has 0 spiro atoms. The van der Waals surface area contributed by atoms with Crippen molar-refractivity contribution in [3.63, 3.8) is 0 Å². The maximum atomic E-state index is 5.29. The van der Waals surface area contributed by atoms with E-state index in [1.54, 1.807) is 11.3 Å². The first-order valence-electron chi connectivity index (χ1n) is 5.87. The van der Waals surface area contributed by atoms with E-state index in [9.17, 15) is 0 Å². The third-order valence-electron chi connectivity index (χ3n) is 2.61. The second kappa shape index (κ2) is 6.52. The lowest BCUT2D eigenvalue weighted by Gasteiger charge is -2.15. The molecule has 1 aromatic heterocycles. The first kappa shape index (κ1) is 13.1. The topological polar surface area (TPSA) is 24.1 Å². The van der Waals surface area contributed by atoms with Crippen LogP contribution in [0.15, 0.2) is 47.8 Å². The van der Waals surface area contributed by atoms with Crippen molar-refractivity contribution in [1.29, 1.82) is 0 Å². The molecule has 94 valence electrons. The van der Waals surface area contributed by atoms with Gasteiger partial charge in [0.2, 0.25) is 0 Å². The number of rotatable bonds is 4. The predicted molar refractivity (Wildman–Crippen MR) is 81.7 cm³/mol. The van der Waals surface area contributed by atoms with Crippen LogP contribution in [-0.4, -0.2) is 5.11 Å². The summed E-state index contributed by atoms with van der Waals surface area (Å²) in [4.78, 5) is 1.29. The molecule has 1 atom stereocenters. The molecule has 1 aromatic carbocycles. The lowest BCUT2D eigenvalue weighted by Crippen LogP contribution is -2.36. The fourth-order valence-electron chi connectivity index (χ4n) is 1.63. The number of nitrogens with one attached hydrogen (secondary N) is 2. The number of thiophene rings is 1. The Morgan fingerprint density at radius 1 is 1.22 bits per heavy atom. The second-order valence-corrected chi connectivity index (χ2v) is 5.44. The van der Waals surface area contributed by atoms with E-state index in [4.69, 9.17) is 12.2 Å². The molecule has 0 amide bonds. The monoisotopic (exact) mass is 276 g/mol. The maximum Gasteiger partial charge on any atom is 0.167 e. The van der Waals surface area contributed by atoms with Crippen LogP contribution in [0.25, 0.3) is 0 Å². The molecule has 2 rings (SSSR count). The van der Waals surface area contributed by atoms with Gasteiger partial charge in [-0.25, -0.2) is 0 Å². The molecule has 0 saturated heterocycles. The maximum absolute atomic E-state index is 5.29. The highest BCUT2D eigenvalue weighted by Gasteiger charge is 2.07. The smallest absolute Gasteiger partial charge is 0.167 e. The molecule has 0 bridgehead atoms. The lowest BCUT2D eigenvalue weighted by atomic mass is 10.2. The van der Waals surface area contributed by atoms with Gasteiger partial charge in [-0.05, 0) is 36.2 Å². The molecule has 0 aliphatic rings. The molecule has 1 heterocycles. The molecule has 0 radical (unpaired) electrons. The SMILES string of the molecule is C[C@@H](NC(=S)NCc1ccccc1)c1cccs1. The lowest BCUT2D eigenvalue weighted by molar-refractivity contribution is 0.710. The van der Waals surface area contributed by atoms with Crippen molar-refractivity contribution in [2.75, 3.05) is 0 Å². The van der Waals surface area contributed by atoms with Gasteiger partial charge >= 0.3 is 0 Å². The van der Waals surface area contributed by atoms with Crippen LogP contribution in [-0.2, 0) is 6.54 Å². The Kier molecular flexibility index (Phi) is 4.73. The molecule has 0 unspecified atom stereocenters. The van der Waals surface area contributed by atoms with Gasteiger partial charge in [0.15, 0.2) is 5.11 Å². The van der Waals surface area contributed by atoms with E-state index in [-0.39, 0.29) is 6.04 Å². The zero-order valence-corrected chi connectivity index (χ0v) is 11.9. The Bertz CT molecular complexity index is 480. The third kappa shape index (κ3) is 3.82. The summed E-state index contributed by atoms with van der Waals surface area (Å²) in [6.07, 6.45) is 0. The summed E-state index contributed by atoms with van der Waals surface area (Å²) in [7, 11) is 0. The van der Waals surface area contributed by atoms with Crippen LogP contribution in [0.2, 0.25) is 0 Å². The quantitative estimate of drug-likeness (QED) is 0.836. The predicted octanol–water partition coefficient (Wildman–Crippen LogP) is 3.47. The van der Waals surface area contributed by atoms with E-state index in [1.807, 2.05) is 18.2 Å². The molecule has 0 saturated carbocycles. The van der Waals surface area contributed by atoms with Crippen molar-refractivity contribution in [3.05, 3.63) is 58.3 Å². The summed E-state index contributed by atoms with van der Waals surface area (Å²) in [5.41, 5.74) is 1.23. The molecule has 0 fully saturated rings. The standard InChI is InChI=1S/C14H16N2S2/c1-11(13-8-5-9-18-13)16-14(17)15-10-12-6-3-2-4-7-12/h2-9,11H,10H2,1H3,(H2,15,16,17)/t11-/m1/s1. The van der Waals surface area contributed by atoms with E-state index < -0.39 is 0 Å². The van der Waals surface area contributed by atoms with Crippen LogP contribution in [0.5, 0.6) is 0 Å². The van der Waals surface area contributed by atoms with Crippen LogP contribution in [0.4, 0.5) is 0 Å². The number of benzene rings is 1. The highest BCUT2D eigenvalue weighted by molar-refractivity contribution is 7.80. The summed E-state index contributed by atoms with van der Waals surface area (Å²) in [6, 6.07) is 14.7. The molecule has 4 heteroatoms. The zero-order chi connectivity index (χ0) is 12.8. The Hall–Kier alpha value is -1.39. The summed E-state index contributed by atoms with van der Waals surface area (Å²) in [5, 5.41) is 9.27. The fourth-order valence-corrected chi connectivity index (χ4v) is 2.62. The molecule has 18 heavy (non-hydrogen) atoms. The van der Waals surface area contributed by atoms with Gasteiger partial charge in [0.05, 0.1) is 6.04 Å². The minimum atomic E-state index is 0.251. The first-order valence-corrected chi connectivity index (χ1v) is 7.16. The minimum absolute atomic E-state index is 0.251. The largest absolute Gasteiger partial charge is 0.359 e. The van der Waals surface area contributed by atoms with Gasteiger partial charge in [0.25, 0.3) is 0 Å². The zero-order valence-electron chi connectivity index (χ0n) is 10.2. The van der Waals surface area contributed by atoms with Crippen LogP contribution in [0.3, 0.4) is 0 Å². The average Bonchev–Trinajstić information content (AvgIpc) is 2.91. The van der Waals surface area contributed by atoms with Crippen molar-refractivity contribution in [3.8, 4) is 0 Å². The Balaban J connectivity index is 1.79. The van der Waals surface area contributed by atoms with Crippen LogP contribution in [0.1, 0.15) is 23.4 Å². The molecule has 2 aromatic rings. The van der Waals surface area contributed by atoms with Crippen LogP contribution < -0.4 is 10.6 Å².